The van der Waals surface area contributed by atoms with Crippen molar-refractivity contribution < 1.29 is 22.4 Å². The zero-order valence-electron chi connectivity index (χ0n) is 10.8. The van der Waals surface area contributed by atoms with Crippen LogP contribution < -0.4 is 0 Å². The molecule has 0 aliphatic rings. The maximum absolute atomic E-state index is 12.7. The normalized spacial score (nSPS) is 11.8. The maximum Gasteiger partial charge on any atom is 0.416 e. The minimum absolute atomic E-state index is 0.150. The molecule has 21 heavy (non-hydrogen) atoms. The average molecular weight is 297 g/mol. The molecule has 2 aromatic carbocycles. The van der Waals surface area contributed by atoms with Crippen molar-refractivity contribution in [1.29, 1.82) is 0 Å². The van der Waals surface area contributed by atoms with Gasteiger partial charge >= 0.3 is 6.18 Å². The SMILES string of the molecule is Fc1ccc(CO/N=C/c2ccc(C(F)(F)F)cc2)cc1. The van der Waals surface area contributed by atoms with Crippen molar-refractivity contribution in [1.82, 2.24) is 0 Å². The number of benzene rings is 2. The van der Waals surface area contributed by atoms with Crippen LogP contribution in [0.3, 0.4) is 0 Å². The number of alkyl halides is 3. The highest BCUT2D eigenvalue weighted by Crippen LogP contribution is 2.28. The van der Waals surface area contributed by atoms with Gasteiger partial charge in [-0.05, 0) is 35.4 Å². The number of hydrogen-bond acceptors (Lipinski definition) is 2. The highest BCUT2D eigenvalue weighted by Gasteiger charge is 2.29. The van der Waals surface area contributed by atoms with E-state index in [1.165, 1.54) is 30.5 Å². The summed E-state index contributed by atoms with van der Waals surface area (Å²) >= 11 is 0. The first-order valence-electron chi connectivity index (χ1n) is 6.02. The zero-order chi connectivity index (χ0) is 15.3. The monoisotopic (exact) mass is 297 g/mol. The largest absolute Gasteiger partial charge is 0.416 e. The molecule has 0 radical (unpaired) electrons. The van der Waals surface area contributed by atoms with Gasteiger partial charge < -0.3 is 4.84 Å². The van der Waals surface area contributed by atoms with Crippen LogP contribution >= 0.6 is 0 Å². The van der Waals surface area contributed by atoms with Crippen LogP contribution in [-0.2, 0) is 17.6 Å². The van der Waals surface area contributed by atoms with E-state index in [0.717, 1.165) is 17.7 Å². The van der Waals surface area contributed by atoms with E-state index in [1.807, 2.05) is 0 Å². The molecular weight excluding hydrogens is 286 g/mol. The van der Waals surface area contributed by atoms with Crippen LogP contribution in [0.4, 0.5) is 17.6 Å². The molecule has 6 heteroatoms. The Balaban J connectivity index is 1.88. The van der Waals surface area contributed by atoms with Crippen LogP contribution in [0.5, 0.6) is 0 Å². The van der Waals surface area contributed by atoms with Crippen LogP contribution in [0, 0.1) is 5.82 Å². The smallest absolute Gasteiger partial charge is 0.391 e. The fourth-order valence-corrected chi connectivity index (χ4v) is 1.55. The molecule has 2 aromatic rings. The van der Waals surface area contributed by atoms with E-state index in [0.29, 0.717) is 5.56 Å². The second-order valence-electron chi connectivity index (χ2n) is 4.25. The van der Waals surface area contributed by atoms with E-state index in [4.69, 9.17) is 4.84 Å². The Labute approximate surface area is 118 Å². The van der Waals surface area contributed by atoms with Crippen molar-refractivity contribution in [3.05, 3.63) is 71.0 Å². The van der Waals surface area contributed by atoms with E-state index in [2.05, 4.69) is 5.16 Å². The van der Waals surface area contributed by atoms with E-state index >= 15 is 0 Å². The Bertz CT molecular complexity index is 603. The summed E-state index contributed by atoms with van der Waals surface area (Å²) in [6.07, 6.45) is -3.04. The minimum Gasteiger partial charge on any atom is -0.391 e. The Morgan fingerprint density at radius 2 is 1.57 bits per heavy atom. The zero-order valence-corrected chi connectivity index (χ0v) is 10.8. The van der Waals surface area contributed by atoms with Gasteiger partial charge in [-0.2, -0.15) is 13.2 Å². The standard InChI is InChI=1S/C15H11F4NO/c16-14-7-3-12(4-8-14)10-21-20-9-11-1-5-13(6-2-11)15(17,18)19/h1-9H,10H2/b20-9+. The molecule has 0 N–H and O–H groups in total. The molecule has 0 bridgehead atoms. The lowest BCUT2D eigenvalue weighted by molar-refractivity contribution is -0.137. The van der Waals surface area contributed by atoms with Crippen LogP contribution in [0.25, 0.3) is 0 Å². The van der Waals surface area contributed by atoms with Crippen molar-refractivity contribution in [3.63, 3.8) is 0 Å². The van der Waals surface area contributed by atoms with Crippen molar-refractivity contribution in [2.45, 2.75) is 12.8 Å². The van der Waals surface area contributed by atoms with Gasteiger partial charge in [0.15, 0.2) is 0 Å². The summed E-state index contributed by atoms with van der Waals surface area (Å²) in [5, 5.41) is 3.65. The lowest BCUT2D eigenvalue weighted by Crippen LogP contribution is -2.04. The second kappa shape index (κ2) is 6.39. The molecule has 0 aromatic heterocycles. The molecule has 110 valence electrons. The van der Waals surface area contributed by atoms with Crippen molar-refractivity contribution in [2.75, 3.05) is 0 Å². The molecule has 0 aliphatic heterocycles. The van der Waals surface area contributed by atoms with Gasteiger partial charge in [0, 0.05) is 0 Å². The van der Waals surface area contributed by atoms with Crippen molar-refractivity contribution in [2.24, 2.45) is 5.16 Å². The Kier molecular flexibility index (Phi) is 4.57. The first kappa shape index (κ1) is 15.0. The van der Waals surface area contributed by atoms with E-state index in [-0.39, 0.29) is 12.4 Å². The molecule has 0 saturated carbocycles. The topological polar surface area (TPSA) is 21.6 Å². The number of halogens is 4. The number of nitrogens with zero attached hydrogens (tertiary/aromatic N) is 1. The van der Waals surface area contributed by atoms with Crippen molar-refractivity contribution in [3.8, 4) is 0 Å². The highest BCUT2D eigenvalue weighted by atomic mass is 19.4. The second-order valence-corrected chi connectivity index (χ2v) is 4.25. The van der Waals surface area contributed by atoms with Gasteiger partial charge in [0.05, 0.1) is 11.8 Å². The quantitative estimate of drug-likeness (QED) is 0.466. The highest BCUT2D eigenvalue weighted by molar-refractivity contribution is 5.79. The molecule has 2 rings (SSSR count). The summed E-state index contributed by atoms with van der Waals surface area (Å²) in [6.45, 7) is 0.150. The molecule has 0 aliphatic carbocycles. The molecule has 0 fully saturated rings. The third-order valence-corrected chi connectivity index (χ3v) is 2.66. The number of rotatable bonds is 4. The molecule has 0 heterocycles. The van der Waals surface area contributed by atoms with Gasteiger partial charge in [0.25, 0.3) is 0 Å². The fraction of sp³-hybridized carbons (Fsp3) is 0.133. The van der Waals surface area contributed by atoms with Crippen molar-refractivity contribution >= 4 is 6.21 Å². The van der Waals surface area contributed by atoms with Gasteiger partial charge in [-0.1, -0.05) is 29.4 Å². The van der Waals surface area contributed by atoms with E-state index < -0.39 is 11.7 Å². The van der Waals surface area contributed by atoms with Crippen LogP contribution in [-0.4, -0.2) is 6.21 Å². The van der Waals surface area contributed by atoms with Gasteiger partial charge in [-0.3, -0.25) is 0 Å². The lowest BCUT2D eigenvalue weighted by Gasteiger charge is -2.05. The van der Waals surface area contributed by atoms with E-state index in [1.54, 1.807) is 12.1 Å². The summed E-state index contributed by atoms with van der Waals surface area (Å²) in [7, 11) is 0. The Morgan fingerprint density at radius 3 is 2.14 bits per heavy atom. The third-order valence-electron chi connectivity index (χ3n) is 2.66. The van der Waals surface area contributed by atoms with Gasteiger partial charge in [-0.25, -0.2) is 4.39 Å². The number of hydrogen-bond donors (Lipinski definition) is 0. The Morgan fingerprint density at radius 1 is 0.952 bits per heavy atom. The summed E-state index contributed by atoms with van der Waals surface area (Å²) in [4.78, 5) is 4.99. The summed E-state index contributed by atoms with van der Waals surface area (Å²) in [5.41, 5.74) is 0.509. The average Bonchev–Trinajstić information content (AvgIpc) is 2.45. The number of oxime groups is 1. The molecule has 0 atom stereocenters. The van der Waals surface area contributed by atoms with Gasteiger partial charge in [-0.15, -0.1) is 0 Å². The molecule has 2 nitrogen and oxygen atoms in total. The van der Waals surface area contributed by atoms with Gasteiger partial charge in [0.1, 0.15) is 12.4 Å². The predicted molar refractivity (Wildman–Crippen MR) is 70.2 cm³/mol. The molecule has 0 spiro atoms. The van der Waals surface area contributed by atoms with Crippen LogP contribution in [0.2, 0.25) is 0 Å². The first-order chi connectivity index (χ1) is 9.95. The maximum atomic E-state index is 12.7. The Hall–Kier alpha value is -2.37. The lowest BCUT2D eigenvalue weighted by atomic mass is 10.1. The fourth-order valence-electron chi connectivity index (χ4n) is 1.55. The van der Waals surface area contributed by atoms with E-state index in [9.17, 15) is 17.6 Å². The summed E-state index contributed by atoms with van der Waals surface area (Å²) in [5.74, 6) is -0.341. The molecular formula is C15H11F4NO. The summed E-state index contributed by atoms with van der Waals surface area (Å²) in [6, 6.07) is 10.3. The van der Waals surface area contributed by atoms with Crippen LogP contribution in [0.15, 0.2) is 53.7 Å². The van der Waals surface area contributed by atoms with Crippen LogP contribution in [0.1, 0.15) is 16.7 Å². The first-order valence-corrected chi connectivity index (χ1v) is 6.02. The van der Waals surface area contributed by atoms with Gasteiger partial charge in [0.2, 0.25) is 0 Å². The predicted octanol–water partition coefficient (Wildman–Crippen LogP) is 4.40. The minimum atomic E-state index is -4.35. The molecule has 0 unspecified atom stereocenters. The molecule has 0 amide bonds. The molecule has 0 saturated heterocycles. The third kappa shape index (κ3) is 4.59. The summed E-state index contributed by atoms with van der Waals surface area (Å²) < 4.78 is 49.7.